The third-order valence-electron chi connectivity index (χ3n) is 3.20. The van der Waals surface area contributed by atoms with Gasteiger partial charge >= 0.3 is 0 Å². The van der Waals surface area contributed by atoms with E-state index in [9.17, 15) is 14.3 Å². The fourth-order valence-electron chi connectivity index (χ4n) is 2.19. The molecule has 1 aliphatic rings. The fraction of sp³-hybridized carbons (Fsp3) is 0.500. The minimum atomic E-state index is -0.762. The van der Waals surface area contributed by atoms with Gasteiger partial charge in [0.2, 0.25) is 0 Å². The Balaban J connectivity index is 1.97. The summed E-state index contributed by atoms with van der Waals surface area (Å²) in [6.45, 7) is 2.53. The Kier molecular flexibility index (Phi) is 4.37. The van der Waals surface area contributed by atoms with E-state index < -0.39 is 18.0 Å². The number of benzene rings is 1. The predicted molar refractivity (Wildman–Crippen MR) is 68.3 cm³/mol. The monoisotopic (exact) mass is 267 g/mol. The number of aliphatic hydroxyl groups is 1. The van der Waals surface area contributed by atoms with Gasteiger partial charge < -0.3 is 14.7 Å². The molecule has 0 aromatic heterocycles. The van der Waals surface area contributed by atoms with Crippen molar-refractivity contribution >= 4 is 5.91 Å². The zero-order chi connectivity index (χ0) is 13.8. The van der Waals surface area contributed by atoms with Crippen molar-refractivity contribution in [3.05, 3.63) is 30.1 Å². The Labute approximate surface area is 111 Å². The molecule has 104 valence electrons. The van der Waals surface area contributed by atoms with E-state index in [1.807, 2.05) is 0 Å². The number of carbonyl (C=O) groups excluding carboxylic acids is 1. The molecule has 2 atom stereocenters. The lowest BCUT2D eigenvalue weighted by molar-refractivity contribution is -0.141. The van der Waals surface area contributed by atoms with Crippen LogP contribution in [0.15, 0.2) is 24.3 Å². The molecule has 19 heavy (non-hydrogen) atoms. The van der Waals surface area contributed by atoms with Crippen LogP contribution in [0.4, 0.5) is 4.39 Å². The van der Waals surface area contributed by atoms with Gasteiger partial charge in [-0.3, -0.25) is 4.79 Å². The maximum Gasteiger partial charge on any atom is 0.263 e. The molecule has 0 bridgehead atoms. The van der Waals surface area contributed by atoms with Gasteiger partial charge in [-0.1, -0.05) is 12.1 Å². The largest absolute Gasteiger partial charge is 0.478 e. The molecular weight excluding hydrogens is 249 g/mol. The number of hydrogen-bond acceptors (Lipinski definition) is 3. The number of aliphatic hydroxyl groups excluding tert-OH is 1. The Morgan fingerprint density at radius 2 is 2.26 bits per heavy atom. The Morgan fingerprint density at radius 1 is 1.53 bits per heavy atom. The number of para-hydroxylation sites is 1. The standard InChI is InChI=1S/C14H18FNO3/c1-10(19-13-7-3-2-6-12(13)15)14(18)16-8-4-5-11(17)9-16/h2-3,6-7,10-11,17H,4-5,8-9H2,1H3/t10-,11+/m1/s1. The summed E-state index contributed by atoms with van der Waals surface area (Å²) < 4.78 is 18.8. The number of carbonyl (C=O) groups is 1. The minimum Gasteiger partial charge on any atom is -0.478 e. The smallest absolute Gasteiger partial charge is 0.263 e. The van der Waals surface area contributed by atoms with Crippen molar-refractivity contribution in [1.82, 2.24) is 4.90 Å². The van der Waals surface area contributed by atoms with E-state index in [2.05, 4.69) is 0 Å². The maximum atomic E-state index is 13.4. The molecule has 0 spiro atoms. The highest BCUT2D eigenvalue weighted by Crippen LogP contribution is 2.18. The van der Waals surface area contributed by atoms with Gasteiger partial charge in [0.15, 0.2) is 17.7 Å². The highest BCUT2D eigenvalue weighted by molar-refractivity contribution is 5.81. The number of hydrogen-bond donors (Lipinski definition) is 1. The second-order valence-electron chi connectivity index (χ2n) is 4.77. The molecule has 1 N–H and O–H groups in total. The molecule has 5 heteroatoms. The first-order chi connectivity index (χ1) is 9.08. The second-order valence-corrected chi connectivity index (χ2v) is 4.77. The first-order valence-electron chi connectivity index (χ1n) is 6.46. The molecule has 0 saturated carbocycles. The lowest BCUT2D eigenvalue weighted by Crippen LogP contribution is -2.47. The number of piperidine rings is 1. The molecule has 0 radical (unpaired) electrons. The Morgan fingerprint density at radius 3 is 2.95 bits per heavy atom. The van der Waals surface area contributed by atoms with Gasteiger partial charge in [0.05, 0.1) is 6.10 Å². The molecule has 1 aromatic carbocycles. The molecule has 1 amide bonds. The zero-order valence-corrected chi connectivity index (χ0v) is 10.9. The van der Waals surface area contributed by atoms with Crippen molar-refractivity contribution in [2.45, 2.75) is 32.0 Å². The average Bonchev–Trinajstić information content (AvgIpc) is 2.40. The van der Waals surface area contributed by atoms with Crippen molar-refractivity contribution < 1.29 is 19.0 Å². The van der Waals surface area contributed by atoms with Gasteiger partial charge in [-0.05, 0) is 31.9 Å². The second kappa shape index (κ2) is 6.02. The van der Waals surface area contributed by atoms with Crippen molar-refractivity contribution in [2.24, 2.45) is 0 Å². The van der Waals surface area contributed by atoms with Gasteiger partial charge in [-0.15, -0.1) is 0 Å². The summed E-state index contributed by atoms with van der Waals surface area (Å²) in [5, 5.41) is 9.55. The molecular formula is C14H18FNO3. The van der Waals surface area contributed by atoms with Crippen LogP contribution in [0.25, 0.3) is 0 Å². The van der Waals surface area contributed by atoms with E-state index in [1.165, 1.54) is 12.1 Å². The van der Waals surface area contributed by atoms with Crippen LogP contribution in [0, 0.1) is 5.82 Å². The molecule has 4 nitrogen and oxygen atoms in total. The van der Waals surface area contributed by atoms with Crippen molar-refractivity contribution in [3.8, 4) is 5.75 Å². The molecule has 1 fully saturated rings. The van der Waals surface area contributed by atoms with Crippen LogP contribution in [-0.2, 0) is 4.79 Å². The summed E-state index contributed by atoms with van der Waals surface area (Å²) in [6, 6.07) is 6.00. The van der Waals surface area contributed by atoms with Crippen molar-refractivity contribution in [1.29, 1.82) is 0 Å². The predicted octanol–water partition coefficient (Wildman–Crippen LogP) is 1.58. The zero-order valence-electron chi connectivity index (χ0n) is 10.9. The molecule has 0 aliphatic carbocycles. The Hall–Kier alpha value is -1.62. The first-order valence-corrected chi connectivity index (χ1v) is 6.46. The van der Waals surface area contributed by atoms with E-state index in [1.54, 1.807) is 24.0 Å². The fourth-order valence-corrected chi connectivity index (χ4v) is 2.19. The van der Waals surface area contributed by atoms with E-state index in [0.717, 1.165) is 6.42 Å². The molecule has 1 aliphatic heterocycles. The van der Waals surface area contributed by atoms with E-state index in [-0.39, 0.29) is 11.7 Å². The third kappa shape index (κ3) is 3.44. The number of β-amino-alcohol motifs (C(OH)–C–C–N with tert-alkyl or cyclic N) is 1. The number of nitrogens with zero attached hydrogens (tertiary/aromatic N) is 1. The van der Waals surface area contributed by atoms with Gasteiger partial charge in [-0.25, -0.2) is 4.39 Å². The van der Waals surface area contributed by atoms with Gasteiger partial charge in [0, 0.05) is 13.1 Å². The van der Waals surface area contributed by atoms with Crippen molar-refractivity contribution in [2.75, 3.05) is 13.1 Å². The maximum absolute atomic E-state index is 13.4. The summed E-state index contributed by atoms with van der Waals surface area (Å²) in [4.78, 5) is 13.7. The van der Waals surface area contributed by atoms with E-state index >= 15 is 0 Å². The molecule has 0 unspecified atom stereocenters. The third-order valence-corrected chi connectivity index (χ3v) is 3.20. The topological polar surface area (TPSA) is 49.8 Å². The summed E-state index contributed by atoms with van der Waals surface area (Å²) >= 11 is 0. The van der Waals surface area contributed by atoms with E-state index in [4.69, 9.17) is 4.74 Å². The molecule has 1 saturated heterocycles. The summed E-state index contributed by atoms with van der Waals surface area (Å²) in [5.74, 6) is -0.635. The quantitative estimate of drug-likeness (QED) is 0.904. The van der Waals surface area contributed by atoms with Gasteiger partial charge in [0.1, 0.15) is 0 Å². The van der Waals surface area contributed by atoms with Gasteiger partial charge in [-0.2, -0.15) is 0 Å². The van der Waals surface area contributed by atoms with Crippen molar-refractivity contribution in [3.63, 3.8) is 0 Å². The number of ether oxygens (including phenoxy) is 1. The summed E-state index contributed by atoms with van der Waals surface area (Å²) in [5.41, 5.74) is 0. The van der Waals surface area contributed by atoms with Gasteiger partial charge in [0.25, 0.3) is 5.91 Å². The normalized spacial score (nSPS) is 21.0. The average molecular weight is 267 g/mol. The van der Waals surface area contributed by atoms with E-state index in [0.29, 0.717) is 19.5 Å². The minimum absolute atomic E-state index is 0.0703. The molecule has 1 heterocycles. The molecule has 2 rings (SSSR count). The first kappa shape index (κ1) is 13.8. The Bertz CT molecular complexity index is 452. The van der Waals surface area contributed by atoms with Crippen LogP contribution in [0.3, 0.4) is 0 Å². The van der Waals surface area contributed by atoms with Crippen LogP contribution < -0.4 is 4.74 Å². The lowest BCUT2D eigenvalue weighted by Gasteiger charge is -2.32. The number of likely N-dealkylation sites (tertiary alicyclic amines) is 1. The molecule has 1 aromatic rings. The van der Waals surface area contributed by atoms with Crippen LogP contribution in [-0.4, -0.2) is 41.2 Å². The SMILES string of the molecule is C[C@@H](Oc1ccccc1F)C(=O)N1CCC[C@H](O)C1. The van der Waals surface area contributed by atoms with Crippen LogP contribution in [0.2, 0.25) is 0 Å². The van der Waals surface area contributed by atoms with Crippen LogP contribution in [0.5, 0.6) is 5.75 Å². The number of halogens is 1. The number of amides is 1. The summed E-state index contributed by atoms with van der Waals surface area (Å²) in [7, 11) is 0. The highest BCUT2D eigenvalue weighted by Gasteiger charge is 2.27. The summed E-state index contributed by atoms with van der Waals surface area (Å²) in [6.07, 6.45) is 0.256. The van der Waals surface area contributed by atoms with Crippen LogP contribution >= 0.6 is 0 Å². The highest BCUT2D eigenvalue weighted by atomic mass is 19.1. The van der Waals surface area contributed by atoms with Crippen LogP contribution in [0.1, 0.15) is 19.8 Å². The lowest BCUT2D eigenvalue weighted by atomic mass is 10.1. The number of rotatable bonds is 3.